The van der Waals surface area contributed by atoms with Gasteiger partial charge in [-0.1, -0.05) is 10.2 Å². The van der Waals surface area contributed by atoms with Crippen LogP contribution in [0.4, 0.5) is 26.3 Å². The largest absolute Gasteiger partial charge is 0.490 e. The van der Waals surface area contributed by atoms with E-state index in [2.05, 4.69) is 40.7 Å². The van der Waals surface area contributed by atoms with Crippen LogP contribution in [0.2, 0.25) is 0 Å². The highest BCUT2D eigenvalue weighted by Crippen LogP contribution is 2.54. The number of rotatable bonds is 5. The lowest BCUT2D eigenvalue weighted by atomic mass is 9.74. The number of guanidine groups is 2. The maximum atomic E-state index is 11.3. The van der Waals surface area contributed by atoms with Crippen LogP contribution in [0.3, 0.4) is 0 Å². The second-order valence-corrected chi connectivity index (χ2v) is 8.82. The minimum Gasteiger partial charge on any atom is -0.475 e. The molecule has 1 saturated carbocycles. The first-order chi connectivity index (χ1) is 18.7. The van der Waals surface area contributed by atoms with Gasteiger partial charge in [0.05, 0.1) is 17.5 Å². The normalized spacial score (nSPS) is 31.9. The third-order valence-electron chi connectivity index (χ3n) is 5.93. The van der Waals surface area contributed by atoms with E-state index in [0.717, 1.165) is 0 Å². The number of aliphatic hydroxyl groups excluding tert-OH is 1. The first kappa shape index (κ1) is 34.9. The second-order valence-electron chi connectivity index (χ2n) is 8.35. The summed E-state index contributed by atoms with van der Waals surface area (Å²) in [5, 5.41) is 48.0. The van der Waals surface area contributed by atoms with E-state index in [9.17, 15) is 36.6 Å². The fourth-order valence-corrected chi connectivity index (χ4v) is 5.01. The van der Waals surface area contributed by atoms with E-state index in [1.165, 1.54) is 0 Å². The van der Waals surface area contributed by atoms with Crippen molar-refractivity contribution in [1.29, 1.82) is 0 Å². The Morgan fingerprint density at radius 1 is 1.00 bits per heavy atom. The van der Waals surface area contributed by atoms with Crippen molar-refractivity contribution in [1.82, 2.24) is 10.6 Å². The van der Waals surface area contributed by atoms with E-state index < -0.39 is 64.9 Å². The van der Waals surface area contributed by atoms with E-state index in [0.29, 0.717) is 0 Å². The quantitative estimate of drug-likeness (QED) is 0.0659. The fraction of sp³-hybridized carbons (Fsp3) is 0.750. The lowest BCUT2D eigenvalue weighted by molar-refractivity contribution is -0.193. The Bertz CT molecular complexity index is 1140. The van der Waals surface area contributed by atoms with E-state index in [-0.39, 0.29) is 31.6 Å². The van der Waals surface area contributed by atoms with Crippen LogP contribution in [0.1, 0.15) is 0 Å². The first-order valence-electron chi connectivity index (χ1n) is 10.5. The van der Waals surface area contributed by atoms with Crippen molar-refractivity contribution in [3.8, 4) is 0 Å². The van der Waals surface area contributed by atoms with Crippen molar-refractivity contribution < 1.29 is 56.4 Å². The van der Waals surface area contributed by atoms with Crippen LogP contribution < -0.4 is 22.1 Å². The average Bonchev–Trinajstić information content (AvgIpc) is 3.42. The van der Waals surface area contributed by atoms with Gasteiger partial charge in [-0.15, -0.1) is 11.6 Å². The van der Waals surface area contributed by atoms with Gasteiger partial charge in [-0.05, 0) is 22.9 Å². The van der Waals surface area contributed by atoms with Gasteiger partial charge in [0.1, 0.15) is 0 Å². The molecule has 0 aromatic rings. The van der Waals surface area contributed by atoms with Crippen molar-refractivity contribution in [2.75, 3.05) is 19.6 Å². The van der Waals surface area contributed by atoms with Gasteiger partial charge < -0.3 is 42.5 Å². The summed E-state index contributed by atoms with van der Waals surface area (Å²) in [4.78, 5) is 31.2. The molecule has 0 aromatic heterocycles. The molecule has 1 spiro atoms. The third kappa shape index (κ3) is 7.98. The van der Waals surface area contributed by atoms with Crippen LogP contribution in [0, 0.1) is 17.8 Å². The molecule has 0 radical (unpaired) electrons. The molecular formula is C16H21ClF6N12O6. The number of nitrogens with one attached hydrogen (secondary N) is 2. The summed E-state index contributed by atoms with van der Waals surface area (Å²) in [6, 6.07) is 0. The molecule has 1 aliphatic carbocycles. The minimum atomic E-state index is -5.08. The molecule has 3 rings (SSSR count). The van der Waals surface area contributed by atoms with Gasteiger partial charge in [0.2, 0.25) is 0 Å². The Kier molecular flexibility index (Phi) is 11.1. The second kappa shape index (κ2) is 13.0. The SMILES string of the molecule is O=C(O)C(F)(F)F.O=C(O)C(F)(F)F.[N-]=[N+]=NC[C@@H]1[C@@H](CN=[N+]=[N-])[C@H](Cl)[C@]2(CN=C(N)N2)[C@H]1C1(O)NC(N)=NC1O. The zero-order valence-electron chi connectivity index (χ0n) is 20.0. The zero-order chi connectivity index (χ0) is 32.0. The molecule has 230 valence electrons. The van der Waals surface area contributed by atoms with Gasteiger partial charge >= 0.3 is 24.3 Å². The molecule has 2 heterocycles. The number of aliphatic carboxylic acids is 2. The van der Waals surface area contributed by atoms with E-state index >= 15 is 0 Å². The predicted octanol–water partition coefficient (Wildman–Crippen LogP) is -0.0752. The van der Waals surface area contributed by atoms with Crippen LogP contribution in [-0.2, 0) is 9.59 Å². The number of nitrogens with zero attached hydrogens (tertiary/aromatic N) is 8. The van der Waals surface area contributed by atoms with Gasteiger partial charge in [-0.2, -0.15) is 26.3 Å². The van der Waals surface area contributed by atoms with Gasteiger partial charge in [0.15, 0.2) is 23.9 Å². The lowest BCUT2D eigenvalue weighted by Gasteiger charge is -2.44. The Morgan fingerprint density at radius 2 is 1.44 bits per heavy atom. The molecule has 7 atom stereocenters. The maximum absolute atomic E-state index is 11.3. The van der Waals surface area contributed by atoms with Crippen molar-refractivity contribution in [3.05, 3.63) is 20.9 Å². The minimum absolute atomic E-state index is 0.0152. The Balaban J connectivity index is 0.000000497. The van der Waals surface area contributed by atoms with Crippen molar-refractivity contribution in [2.45, 2.75) is 35.2 Å². The molecule has 25 heteroatoms. The zero-order valence-corrected chi connectivity index (χ0v) is 20.7. The summed E-state index contributed by atoms with van der Waals surface area (Å²) in [6.07, 6.45) is -11.8. The van der Waals surface area contributed by atoms with Gasteiger partial charge in [0.25, 0.3) is 0 Å². The van der Waals surface area contributed by atoms with Gasteiger partial charge in [-0.25, -0.2) is 14.6 Å². The van der Waals surface area contributed by atoms with Gasteiger partial charge in [-0.3, -0.25) is 4.99 Å². The number of nitrogens with two attached hydrogens (primary N) is 2. The fourth-order valence-electron chi connectivity index (χ4n) is 4.49. The summed E-state index contributed by atoms with van der Waals surface area (Å²) in [5.41, 5.74) is 25.8. The number of alkyl halides is 7. The number of halogens is 7. The molecule has 3 aliphatic rings. The smallest absolute Gasteiger partial charge is 0.475 e. The Morgan fingerprint density at radius 3 is 1.76 bits per heavy atom. The molecule has 1 fully saturated rings. The van der Waals surface area contributed by atoms with Crippen LogP contribution in [0.5, 0.6) is 0 Å². The lowest BCUT2D eigenvalue weighted by Crippen LogP contribution is -2.69. The molecular weight excluding hydrogens is 606 g/mol. The summed E-state index contributed by atoms with van der Waals surface area (Å²) >= 11 is 6.74. The van der Waals surface area contributed by atoms with Crippen molar-refractivity contribution in [3.63, 3.8) is 0 Å². The summed E-state index contributed by atoms with van der Waals surface area (Å²) in [6.45, 7) is 0.00238. The molecule has 41 heavy (non-hydrogen) atoms. The van der Waals surface area contributed by atoms with Crippen molar-refractivity contribution in [2.24, 2.45) is 49.4 Å². The summed E-state index contributed by atoms with van der Waals surface area (Å²) < 4.78 is 63.5. The van der Waals surface area contributed by atoms with E-state index in [1.54, 1.807) is 0 Å². The molecule has 0 bridgehead atoms. The standard InChI is InChI=1S/C12H19ClN12O2.2C2HF3O2/c13-7-5(2-20-25-17)4(1-19-24-16)6(11(7)3-18-9(14)22-11)12(27)8(26)21-10(15)23-12;2*3-2(4,5)1(6)7/h4-8,26-27H,1-3H2,(H3,14,18,22)(H3,15,21,23);2*(H,6,7)/t4-,5-,6+,7+,8?,11+,12?;;/m1../s1. The molecule has 0 saturated heterocycles. The topological polar surface area (TPSA) is 313 Å². The third-order valence-corrected chi connectivity index (χ3v) is 6.64. The number of carbonyl (C=O) groups is 2. The maximum Gasteiger partial charge on any atom is 0.490 e. The van der Waals surface area contributed by atoms with Crippen LogP contribution >= 0.6 is 11.6 Å². The van der Waals surface area contributed by atoms with E-state index in [1.807, 2.05) is 0 Å². The summed E-state index contributed by atoms with van der Waals surface area (Å²) in [7, 11) is 0. The van der Waals surface area contributed by atoms with Gasteiger partial charge in [0, 0.05) is 28.8 Å². The number of hydrogen-bond donors (Lipinski definition) is 8. The number of aliphatic imine (C=N–C) groups is 2. The molecule has 2 unspecified atom stereocenters. The highest BCUT2D eigenvalue weighted by atomic mass is 35.5. The number of azide groups is 2. The highest BCUT2D eigenvalue weighted by Gasteiger charge is 2.69. The summed E-state index contributed by atoms with van der Waals surface area (Å²) in [5.74, 6) is -7.55. The number of carboxylic acids is 2. The van der Waals surface area contributed by atoms with Crippen LogP contribution in [0.15, 0.2) is 20.2 Å². The Hall–Kier alpha value is -4.11. The number of carboxylic acid groups (broad SMARTS) is 2. The molecule has 2 aliphatic heterocycles. The predicted molar refractivity (Wildman–Crippen MR) is 124 cm³/mol. The Labute approximate surface area is 228 Å². The molecule has 18 nitrogen and oxygen atoms in total. The van der Waals surface area contributed by atoms with E-state index in [4.69, 9.17) is 53.9 Å². The molecule has 0 amide bonds. The number of hydrogen-bond acceptors (Lipinski definition) is 12. The van der Waals surface area contributed by atoms with Crippen LogP contribution in [-0.4, -0.2) is 99.1 Å². The molecule has 10 N–H and O–H groups in total. The average molecular weight is 627 g/mol. The first-order valence-corrected chi connectivity index (χ1v) is 11.0. The van der Waals surface area contributed by atoms with Crippen molar-refractivity contribution >= 4 is 35.5 Å². The molecule has 0 aromatic carbocycles. The highest BCUT2D eigenvalue weighted by molar-refractivity contribution is 6.22. The number of aliphatic hydroxyl groups is 2. The van der Waals surface area contributed by atoms with Crippen LogP contribution in [0.25, 0.3) is 20.9 Å². The monoisotopic (exact) mass is 626 g/mol.